The van der Waals surface area contributed by atoms with Gasteiger partial charge in [-0.2, -0.15) is 5.10 Å². The molecule has 0 atom stereocenters. The lowest BCUT2D eigenvalue weighted by atomic mass is 9.85. The van der Waals surface area contributed by atoms with E-state index in [1.807, 2.05) is 6.07 Å². The number of hydrogen-bond acceptors (Lipinski definition) is 6. The quantitative estimate of drug-likeness (QED) is 0.341. The average Bonchev–Trinajstić information content (AvgIpc) is 3.12. The van der Waals surface area contributed by atoms with Crippen LogP contribution >= 0.6 is 0 Å². The Kier molecular flexibility index (Phi) is 6.41. The van der Waals surface area contributed by atoms with E-state index in [4.69, 9.17) is 5.73 Å². The summed E-state index contributed by atoms with van der Waals surface area (Å²) in [5, 5.41) is 10.5. The van der Waals surface area contributed by atoms with Crippen LogP contribution in [0.4, 0.5) is 21.8 Å². The van der Waals surface area contributed by atoms with Crippen molar-refractivity contribution in [3.8, 4) is 11.3 Å². The highest BCUT2D eigenvalue weighted by molar-refractivity contribution is 6.06. The predicted octanol–water partition coefficient (Wildman–Crippen LogP) is 5.04. The van der Waals surface area contributed by atoms with Crippen molar-refractivity contribution in [2.75, 3.05) is 10.6 Å². The van der Waals surface area contributed by atoms with Crippen molar-refractivity contribution < 1.29 is 14.0 Å². The number of amides is 2. The van der Waals surface area contributed by atoms with Gasteiger partial charge in [-0.05, 0) is 66.6 Å². The standard InChI is InChI=1S/C29H30FN7O2/c1-15-10-12-32-28(33-15)35-27(39)19-7-8-20(23(30)16(19)2)24-22(25(31)38)26-34-21-9-6-18(29(3,4)5)14-17(21)11-13-37(26)36-24/h6-10,12,14,34H,11,13H2,1-5H3,(H2,31,38)(H,32,33,35,39). The van der Waals surface area contributed by atoms with Gasteiger partial charge in [0, 0.05) is 35.2 Å². The molecular weight excluding hydrogens is 497 g/mol. The zero-order valence-corrected chi connectivity index (χ0v) is 22.5. The van der Waals surface area contributed by atoms with Crippen LogP contribution in [0.5, 0.6) is 0 Å². The van der Waals surface area contributed by atoms with Crippen LogP contribution in [-0.2, 0) is 18.4 Å². The molecule has 0 saturated carbocycles. The number of aromatic nitrogens is 4. The molecule has 200 valence electrons. The number of primary amides is 1. The topological polar surface area (TPSA) is 128 Å². The fourth-order valence-corrected chi connectivity index (χ4v) is 4.71. The van der Waals surface area contributed by atoms with Crippen molar-refractivity contribution in [3.63, 3.8) is 0 Å². The summed E-state index contributed by atoms with van der Waals surface area (Å²) in [5.74, 6) is -1.41. The van der Waals surface area contributed by atoms with E-state index < -0.39 is 17.6 Å². The zero-order valence-electron chi connectivity index (χ0n) is 22.5. The first-order chi connectivity index (χ1) is 18.4. The van der Waals surface area contributed by atoms with Crippen molar-refractivity contribution in [1.29, 1.82) is 0 Å². The molecule has 1 aliphatic heterocycles. The molecule has 0 saturated heterocycles. The second-order valence-corrected chi connectivity index (χ2v) is 10.7. The van der Waals surface area contributed by atoms with Crippen LogP contribution < -0.4 is 16.4 Å². The first-order valence-corrected chi connectivity index (χ1v) is 12.7. The van der Waals surface area contributed by atoms with Crippen LogP contribution in [0, 0.1) is 19.7 Å². The van der Waals surface area contributed by atoms with Crippen molar-refractivity contribution in [2.45, 2.75) is 53.0 Å². The van der Waals surface area contributed by atoms with Crippen molar-refractivity contribution in [3.05, 3.63) is 81.9 Å². The normalized spacial score (nSPS) is 12.7. The van der Waals surface area contributed by atoms with Crippen LogP contribution in [0.2, 0.25) is 0 Å². The molecule has 2 aromatic heterocycles. The summed E-state index contributed by atoms with van der Waals surface area (Å²) in [7, 11) is 0. The minimum atomic E-state index is -0.732. The number of hydrogen-bond donors (Lipinski definition) is 3. The third-order valence-electron chi connectivity index (χ3n) is 6.92. The number of anilines is 3. The highest BCUT2D eigenvalue weighted by Gasteiger charge is 2.29. The Bertz CT molecular complexity index is 1640. The Morgan fingerprint density at radius 1 is 1.13 bits per heavy atom. The molecule has 5 rings (SSSR count). The van der Waals surface area contributed by atoms with Crippen LogP contribution in [0.15, 0.2) is 42.6 Å². The van der Waals surface area contributed by atoms with Gasteiger partial charge in [0.1, 0.15) is 22.9 Å². The summed E-state index contributed by atoms with van der Waals surface area (Å²) in [6.45, 7) is 10.2. The lowest BCUT2D eigenvalue weighted by molar-refractivity contribution is 0.0998. The summed E-state index contributed by atoms with van der Waals surface area (Å²) in [4.78, 5) is 33.7. The smallest absolute Gasteiger partial charge is 0.258 e. The number of nitrogens with two attached hydrogens (primary N) is 1. The lowest BCUT2D eigenvalue weighted by Crippen LogP contribution is -2.17. The van der Waals surface area contributed by atoms with E-state index in [-0.39, 0.29) is 39.3 Å². The van der Waals surface area contributed by atoms with Crippen molar-refractivity contribution in [2.24, 2.45) is 5.73 Å². The molecule has 10 heteroatoms. The Morgan fingerprint density at radius 2 is 1.90 bits per heavy atom. The van der Waals surface area contributed by atoms with Gasteiger partial charge in [0.15, 0.2) is 0 Å². The number of rotatable bonds is 4. The zero-order chi connectivity index (χ0) is 28.1. The summed E-state index contributed by atoms with van der Waals surface area (Å²) in [5.41, 5.74) is 10.1. The number of carbonyl (C=O) groups excluding carboxylic acids is 2. The largest absolute Gasteiger partial charge is 0.365 e. The van der Waals surface area contributed by atoms with Gasteiger partial charge in [-0.1, -0.05) is 32.9 Å². The van der Waals surface area contributed by atoms with Gasteiger partial charge in [0.2, 0.25) is 5.95 Å². The highest BCUT2D eigenvalue weighted by atomic mass is 19.1. The highest BCUT2D eigenvalue weighted by Crippen LogP contribution is 2.37. The predicted molar refractivity (Wildman–Crippen MR) is 148 cm³/mol. The van der Waals surface area contributed by atoms with Crippen LogP contribution in [0.25, 0.3) is 11.3 Å². The molecule has 0 fully saturated rings. The second kappa shape index (κ2) is 9.61. The minimum absolute atomic E-state index is 0.00796. The number of nitrogens with zero attached hydrogens (tertiary/aromatic N) is 4. The Hall–Kier alpha value is -4.60. The van der Waals surface area contributed by atoms with Gasteiger partial charge >= 0.3 is 0 Å². The van der Waals surface area contributed by atoms with E-state index in [2.05, 4.69) is 58.6 Å². The first kappa shape index (κ1) is 26.0. The molecule has 3 heterocycles. The summed E-state index contributed by atoms with van der Waals surface area (Å²) >= 11 is 0. The molecule has 1 aliphatic rings. The van der Waals surface area contributed by atoms with E-state index in [0.29, 0.717) is 24.5 Å². The van der Waals surface area contributed by atoms with E-state index in [9.17, 15) is 9.59 Å². The van der Waals surface area contributed by atoms with Crippen LogP contribution in [0.1, 0.15) is 63.9 Å². The van der Waals surface area contributed by atoms with Gasteiger partial charge in [-0.25, -0.2) is 19.0 Å². The maximum Gasteiger partial charge on any atom is 0.258 e. The number of aryl methyl sites for hydroxylation is 3. The molecule has 9 nitrogen and oxygen atoms in total. The van der Waals surface area contributed by atoms with Gasteiger partial charge in [0.05, 0.1) is 0 Å². The molecule has 2 amide bonds. The minimum Gasteiger partial charge on any atom is -0.365 e. The third kappa shape index (κ3) is 4.85. The van der Waals surface area contributed by atoms with Gasteiger partial charge in [-0.3, -0.25) is 14.9 Å². The molecule has 0 bridgehead atoms. The fourth-order valence-electron chi connectivity index (χ4n) is 4.71. The SMILES string of the molecule is Cc1ccnc(NC(=O)c2ccc(-c3nn4c(c3C(N)=O)Nc3ccc(C(C)(C)C)cc3CC4)c(F)c2C)n1. The number of benzene rings is 2. The Labute approximate surface area is 225 Å². The Balaban J connectivity index is 1.52. The Morgan fingerprint density at radius 3 is 2.59 bits per heavy atom. The second-order valence-electron chi connectivity index (χ2n) is 10.7. The molecule has 2 aromatic carbocycles. The number of halogens is 1. The molecule has 0 unspecified atom stereocenters. The molecule has 4 N–H and O–H groups in total. The maximum atomic E-state index is 15.8. The van der Waals surface area contributed by atoms with E-state index in [0.717, 1.165) is 11.3 Å². The molecule has 0 radical (unpaired) electrons. The molecule has 39 heavy (non-hydrogen) atoms. The molecule has 4 aromatic rings. The van der Waals surface area contributed by atoms with E-state index in [1.165, 1.54) is 30.8 Å². The maximum absolute atomic E-state index is 15.8. The number of fused-ring (bicyclic) bond motifs is 2. The molecule has 0 spiro atoms. The number of nitrogens with one attached hydrogen (secondary N) is 2. The monoisotopic (exact) mass is 527 g/mol. The van der Waals surface area contributed by atoms with Crippen molar-refractivity contribution in [1.82, 2.24) is 19.7 Å². The van der Waals surface area contributed by atoms with Gasteiger partial charge < -0.3 is 11.1 Å². The van der Waals surface area contributed by atoms with Crippen LogP contribution in [0.3, 0.4) is 0 Å². The number of carbonyl (C=O) groups is 2. The first-order valence-electron chi connectivity index (χ1n) is 12.7. The average molecular weight is 528 g/mol. The summed E-state index contributed by atoms with van der Waals surface area (Å²) in [6.07, 6.45) is 2.19. The van der Waals surface area contributed by atoms with Gasteiger partial charge in [-0.15, -0.1) is 0 Å². The summed E-state index contributed by atoms with van der Waals surface area (Å²) < 4.78 is 17.4. The lowest BCUT2D eigenvalue weighted by Gasteiger charge is -2.21. The van der Waals surface area contributed by atoms with Crippen molar-refractivity contribution >= 4 is 29.3 Å². The molecule has 0 aliphatic carbocycles. The summed E-state index contributed by atoms with van der Waals surface area (Å²) in [6, 6.07) is 10.8. The van der Waals surface area contributed by atoms with E-state index >= 15 is 4.39 Å². The van der Waals surface area contributed by atoms with Crippen LogP contribution in [-0.4, -0.2) is 31.6 Å². The fraction of sp³-hybridized carbons (Fsp3) is 0.276. The van der Waals surface area contributed by atoms with Gasteiger partial charge in [0.25, 0.3) is 11.8 Å². The third-order valence-corrected chi connectivity index (χ3v) is 6.92. The van der Waals surface area contributed by atoms with E-state index in [1.54, 1.807) is 17.7 Å². The molecular formula is C29H30FN7O2.